The normalized spacial score (nSPS) is 11.9. The van der Waals surface area contributed by atoms with Crippen LogP contribution in [0.3, 0.4) is 0 Å². The first kappa shape index (κ1) is 22.5. The first-order valence-corrected chi connectivity index (χ1v) is 10.8. The number of hydrogen-bond donors (Lipinski definition) is 4. The standard InChI is InChI=1S/C21H22ClN5O3S/c1-11(2)7-16(25-19(29)12-3-5-14(22)6-4-12)20(30)27-21-26-17(10-31-21)13-8-15(18(23)28)24-9-13/h3-6,8-11,16,24H,7H2,1-2H3,(H2,23,28)(H,25,29)(H,26,27,30). The van der Waals surface area contributed by atoms with Gasteiger partial charge in [0, 0.05) is 27.7 Å². The molecule has 1 aromatic carbocycles. The Kier molecular flexibility index (Phi) is 7.09. The summed E-state index contributed by atoms with van der Waals surface area (Å²) in [5.41, 5.74) is 7.22. The highest BCUT2D eigenvalue weighted by atomic mass is 35.5. The molecule has 0 fully saturated rings. The third-order valence-electron chi connectivity index (χ3n) is 4.41. The molecule has 0 bridgehead atoms. The highest BCUT2D eigenvalue weighted by molar-refractivity contribution is 7.14. The van der Waals surface area contributed by atoms with Crippen LogP contribution in [-0.2, 0) is 4.79 Å². The van der Waals surface area contributed by atoms with Gasteiger partial charge in [0.1, 0.15) is 11.7 Å². The predicted molar refractivity (Wildman–Crippen MR) is 121 cm³/mol. The minimum absolute atomic E-state index is 0.181. The Morgan fingerprint density at radius 3 is 2.55 bits per heavy atom. The number of halogens is 1. The fraction of sp³-hybridized carbons (Fsp3) is 0.238. The number of rotatable bonds is 8. The molecule has 162 valence electrons. The Labute approximate surface area is 188 Å². The summed E-state index contributed by atoms with van der Waals surface area (Å²) in [7, 11) is 0. The molecule has 0 saturated heterocycles. The van der Waals surface area contributed by atoms with Crippen molar-refractivity contribution < 1.29 is 14.4 Å². The van der Waals surface area contributed by atoms with Crippen molar-refractivity contribution in [2.75, 3.05) is 5.32 Å². The number of H-pyrrole nitrogens is 1. The summed E-state index contributed by atoms with van der Waals surface area (Å²) in [4.78, 5) is 43.8. The molecule has 3 rings (SSSR count). The van der Waals surface area contributed by atoms with E-state index in [0.29, 0.717) is 33.4 Å². The van der Waals surface area contributed by atoms with Crippen LogP contribution >= 0.6 is 22.9 Å². The molecule has 0 radical (unpaired) electrons. The van der Waals surface area contributed by atoms with Gasteiger partial charge in [0.2, 0.25) is 5.91 Å². The molecule has 0 aliphatic rings. The Morgan fingerprint density at radius 2 is 1.94 bits per heavy atom. The average Bonchev–Trinajstić information content (AvgIpc) is 3.37. The first-order chi connectivity index (χ1) is 14.7. The van der Waals surface area contributed by atoms with Crippen molar-refractivity contribution in [3.8, 4) is 11.3 Å². The van der Waals surface area contributed by atoms with Gasteiger partial charge in [-0.15, -0.1) is 11.3 Å². The second kappa shape index (κ2) is 9.76. The Hall–Kier alpha value is -3.17. The van der Waals surface area contributed by atoms with Gasteiger partial charge in [0.05, 0.1) is 5.69 Å². The summed E-state index contributed by atoms with van der Waals surface area (Å²) in [6.45, 7) is 3.94. The van der Waals surface area contributed by atoms with E-state index in [1.807, 2.05) is 13.8 Å². The number of nitrogens with two attached hydrogens (primary N) is 1. The fourth-order valence-corrected chi connectivity index (χ4v) is 3.74. The third-order valence-corrected chi connectivity index (χ3v) is 5.42. The molecule has 8 nitrogen and oxygen atoms in total. The molecule has 1 atom stereocenters. The molecular formula is C21H22ClN5O3S. The van der Waals surface area contributed by atoms with E-state index >= 15 is 0 Å². The van der Waals surface area contributed by atoms with Crippen LogP contribution in [0, 0.1) is 5.92 Å². The minimum Gasteiger partial charge on any atom is -0.364 e. The smallest absolute Gasteiger partial charge is 0.265 e. The summed E-state index contributed by atoms with van der Waals surface area (Å²) in [6, 6.07) is 7.31. The van der Waals surface area contributed by atoms with Gasteiger partial charge in [-0.3, -0.25) is 14.4 Å². The van der Waals surface area contributed by atoms with Crippen LogP contribution in [0.1, 0.15) is 41.1 Å². The van der Waals surface area contributed by atoms with E-state index in [9.17, 15) is 14.4 Å². The third kappa shape index (κ3) is 5.93. The van der Waals surface area contributed by atoms with Crippen LogP contribution in [-0.4, -0.2) is 33.7 Å². The summed E-state index contributed by atoms with van der Waals surface area (Å²) in [5, 5.41) is 8.22. The summed E-state index contributed by atoms with van der Waals surface area (Å²) < 4.78 is 0. The number of benzene rings is 1. The lowest BCUT2D eigenvalue weighted by molar-refractivity contribution is -0.118. The van der Waals surface area contributed by atoms with Crippen LogP contribution in [0.15, 0.2) is 41.9 Å². The molecule has 31 heavy (non-hydrogen) atoms. The molecular weight excluding hydrogens is 438 g/mol. The largest absolute Gasteiger partial charge is 0.364 e. The molecule has 5 N–H and O–H groups in total. The maximum Gasteiger partial charge on any atom is 0.265 e. The fourth-order valence-electron chi connectivity index (χ4n) is 2.89. The number of nitrogens with one attached hydrogen (secondary N) is 3. The number of nitrogens with zero attached hydrogens (tertiary/aromatic N) is 1. The van der Waals surface area contributed by atoms with E-state index in [1.54, 1.807) is 41.9 Å². The molecule has 0 aliphatic heterocycles. The number of aromatic amines is 1. The van der Waals surface area contributed by atoms with E-state index in [4.69, 9.17) is 17.3 Å². The van der Waals surface area contributed by atoms with Crippen LogP contribution in [0.4, 0.5) is 5.13 Å². The van der Waals surface area contributed by atoms with Gasteiger partial charge in [-0.25, -0.2) is 4.98 Å². The van der Waals surface area contributed by atoms with Crippen LogP contribution in [0.5, 0.6) is 0 Å². The number of carbonyl (C=O) groups excluding carboxylic acids is 3. The number of anilines is 1. The maximum absolute atomic E-state index is 12.9. The van der Waals surface area contributed by atoms with E-state index < -0.39 is 11.9 Å². The van der Waals surface area contributed by atoms with Crippen molar-refractivity contribution in [1.29, 1.82) is 0 Å². The van der Waals surface area contributed by atoms with Gasteiger partial charge in [0.25, 0.3) is 11.8 Å². The zero-order chi connectivity index (χ0) is 22.5. The number of amides is 3. The lowest BCUT2D eigenvalue weighted by Gasteiger charge is -2.19. The van der Waals surface area contributed by atoms with Gasteiger partial charge >= 0.3 is 0 Å². The monoisotopic (exact) mass is 459 g/mol. The number of primary amides is 1. The minimum atomic E-state index is -0.732. The van der Waals surface area contributed by atoms with E-state index in [0.717, 1.165) is 0 Å². The number of carbonyl (C=O) groups is 3. The molecule has 0 saturated carbocycles. The lowest BCUT2D eigenvalue weighted by Crippen LogP contribution is -2.44. The van der Waals surface area contributed by atoms with Crippen LogP contribution in [0.2, 0.25) is 5.02 Å². The molecule has 2 aromatic heterocycles. The molecule has 0 spiro atoms. The molecule has 3 amide bonds. The van der Waals surface area contributed by atoms with Gasteiger partial charge < -0.3 is 21.4 Å². The summed E-state index contributed by atoms with van der Waals surface area (Å²) >= 11 is 7.11. The van der Waals surface area contributed by atoms with Crippen LogP contribution in [0.25, 0.3) is 11.3 Å². The number of thiazole rings is 1. The molecule has 0 aliphatic carbocycles. The second-order valence-electron chi connectivity index (χ2n) is 7.36. The summed E-state index contributed by atoms with van der Waals surface area (Å²) in [6.07, 6.45) is 2.08. The van der Waals surface area contributed by atoms with Crippen molar-refractivity contribution in [2.24, 2.45) is 11.7 Å². The van der Waals surface area contributed by atoms with Crippen molar-refractivity contribution in [2.45, 2.75) is 26.3 Å². The van der Waals surface area contributed by atoms with E-state index in [2.05, 4.69) is 20.6 Å². The first-order valence-electron chi connectivity index (χ1n) is 9.54. The van der Waals surface area contributed by atoms with Gasteiger partial charge in [0.15, 0.2) is 5.13 Å². The Morgan fingerprint density at radius 1 is 1.23 bits per heavy atom. The number of hydrogen-bond acceptors (Lipinski definition) is 5. The lowest BCUT2D eigenvalue weighted by atomic mass is 10.0. The van der Waals surface area contributed by atoms with Crippen molar-refractivity contribution in [1.82, 2.24) is 15.3 Å². The zero-order valence-electron chi connectivity index (χ0n) is 16.9. The highest BCUT2D eigenvalue weighted by Crippen LogP contribution is 2.26. The van der Waals surface area contributed by atoms with Gasteiger partial charge in [-0.1, -0.05) is 25.4 Å². The quantitative estimate of drug-likeness (QED) is 0.409. The summed E-state index contributed by atoms with van der Waals surface area (Å²) in [5.74, 6) is -1.10. The highest BCUT2D eigenvalue weighted by Gasteiger charge is 2.23. The molecule has 10 heteroatoms. The van der Waals surface area contributed by atoms with Crippen molar-refractivity contribution >= 4 is 45.8 Å². The SMILES string of the molecule is CC(C)CC(NC(=O)c1ccc(Cl)cc1)C(=O)Nc1nc(-c2c[nH]c(C(N)=O)c2)cs1. The Balaban J connectivity index is 1.70. The van der Waals surface area contributed by atoms with Gasteiger partial charge in [-0.05, 0) is 42.7 Å². The molecule has 2 heterocycles. The molecule has 3 aromatic rings. The number of aromatic nitrogens is 2. The van der Waals surface area contributed by atoms with Crippen molar-refractivity contribution in [3.05, 3.63) is 58.2 Å². The van der Waals surface area contributed by atoms with Crippen LogP contribution < -0.4 is 16.4 Å². The molecule has 1 unspecified atom stereocenters. The Bertz CT molecular complexity index is 1090. The van der Waals surface area contributed by atoms with E-state index in [1.165, 1.54) is 11.3 Å². The maximum atomic E-state index is 12.9. The van der Waals surface area contributed by atoms with Crippen molar-refractivity contribution in [3.63, 3.8) is 0 Å². The topological polar surface area (TPSA) is 130 Å². The zero-order valence-corrected chi connectivity index (χ0v) is 18.5. The predicted octanol–water partition coefficient (Wildman–Crippen LogP) is 3.67. The van der Waals surface area contributed by atoms with Gasteiger partial charge in [-0.2, -0.15) is 0 Å². The average molecular weight is 460 g/mol. The second-order valence-corrected chi connectivity index (χ2v) is 8.65. The van der Waals surface area contributed by atoms with E-state index in [-0.39, 0.29) is 23.4 Å².